The molecular weight excluding hydrogens is 358 g/mol. The number of halogens is 1. The molecule has 1 aromatic heterocycles. The van der Waals surface area contributed by atoms with E-state index in [0.717, 1.165) is 16.8 Å². The van der Waals surface area contributed by atoms with E-state index in [-0.39, 0.29) is 11.7 Å². The summed E-state index contributed by atoms with van der Waals surface area (Å²) in [4.78, 5) is 12.2. The van der Waals surface area contributed by atoms with Gasteiger partial charge in [-0.15, -0.1) is 10.2 Å². The Kier molecular flexibility index (Phi) is 5.40. The Balaban J connectivity index is 1.63. The predicted octanol–water partition coefficient (Wildman–Crippen LogP) is 4.74. The lowest BCUT2D eigenvalue weighted by molar-refractivity contribution is -0.113. The second-order valence-electron chi connectivity index (χ2n) is 5.46. The van der Waals surface area contributed by atoms with Crippen LogP contribution in [-0.2, 0) is 4.79 Å². The molecule has 1 N–H and O–H groups in total. The predicted molar refractivity (Wildman–Crippen MR) is 100 cm³/mol. The number of benzene rings is 2. The highest BCUT2D eigenvalue weighted by Gasteiger charge is 2.14. The van der Waals surface area contributed by atoms with Gasteiger partial charge in [0.25, 0.3) is 5.22 Å². The first kappa shape index (κ1) is 17.5. The maximum absolute atomic E-state index is 12.2. The van der Waals surface area contributed by atoms with E-state index in [1.54, 1.807) is 12.1 Å². The van der Waals surface area contributed by atoms with Gasteiger partial charge in [0.05, 0.1) is 16.3 Å². The number of para-hydroxylation sites is 1. The molecule has 0 aliphatic rings. The molecule has 7 heteroatoms. The van der Waals surface area contributed by atoms with Gasteiger partial charge in [-0.1, -0.05) is 53.7 Å². The molecule has 1 amide bonds. The number of rotatable bonds is 5. The number of hydrogen-bond acceptors (Lipinski definition) is 5. The minimum absolute atomic E-state index is 0.125. The van der Waals surface area contributed by atoms with Crippen LogP contribution in [0, 0.1) is 13.8 Å². The van der Waals surface area contributed by atoms with Crippen molar-refractivity contribution in [3.05, 3.63) is 58.6 Å². The van der Waals surface area contributed by atoms with Gasteiger partial charge >= 0.3 is 0 Å². The van der Waals surface area contributed by atoms with E-state index >= 15 is 0 Å². The van der Waals surface area contributed by atoms with Crippen LogP contribution in [0.25, 0.3) is 11.5 Å². The molecule has 0 bridgehead atoms. The van der Waals surface area contributed by atoms with Crippen LogP contribution in [-0.4, -0.2) is 21.9 Å². The minimum atomic E-state index is -0.125. The SMILES string of the molecule is Cc1cccc(C)c1NC(=O)CSc1nnc(-c2ccccc2Cl)o1. The number of amides is 1. The van der Waals surface area contributed by atoms with Gasteiger partial charge in [-0.05, 0) is 37.1 Å². The first-order valence-corrected chi connectivity index (χ1v) is 8.98. The first-order chi connectivity index (χ1) is 12.0. The van der Waals surface area contributed by atoms with Gasteiger partial charge in [0.15, 0.2) is 0 Å². The molecule has 25 heavy (non-hydrogen) atoms. The molecule has 0 aliphatic carbocycles. The molecule has 0 spiro atoms. The first-order valence-electron chi connectivity index (χ1n) is 7.62. The van der Waals surface area contributed by atoms with Crippen molar-refractivity contribution in [1.29, 1.82) is 0 Å². The van der Waals surface area contributed by atoms with Crippen molar-refractivity contribution >= 4 is 35.0 Å². The second-order valence-corrected chi connectivity index (χ2v) is 6.79. The third kappa shape index (κ3) is 4.21. The Morgan fingerprint density at radius 3 is 2.56 bits per heavy atom. The van der Waals surface area contributed by atoms with Crippen LogP contribution in [0.3, 0.4) is 0 Å². The topological polar surface area (TPSA) is 68.0 Å². The number of aryl methyl sites for hydroxylation is 2. The van der Waals surface area contributed by atoms with Crippen LogP contribution in [0.15, 0.2) is 52.1 Å². The zero-order valence-corrected chi connectivity index (χ0v) is 15.3. The maximum Gasteiger partial charge on any atom is 0.277 e. The number of carbonyl (C=O) groups excluding carboxylic acids is 1. The van der Waals surface area contributed by atoms with Crippen molar-refractivity contribution < 1.29 is 9.21 Å². The molecule has 128 valence electrons. The number of anilines is 1. The number of thioether (sulfide) groups is 1. The Labute approximate surface area is 154 Å². The number of aromatic nitrogens is 2. The van der Waals surface area contributed by atoms with Gasteiger partial charge in [0.2, 0.25) is 11.8 Å². The summed E-state index contributed by atoms with van der Waals surface area (Å²) in [6.45, 7) is 3.92. The zero-order chi connectivity index (χ0) is 17.8. The third-order valence-electron chi connectivity index (χ3n) is 3.58. The Bertz CT molecular complexity index is 891. The van der Waals surface area contributed by atoms with Crippen molar-refractivity contribution in [3.8, 4) is 11.5 Å². The number of nitrogens with zero attached hydrogens (tertiary/aromatic N) is 2. The second kappa shape index (κ2) is 7.72. The Morgan fingerprint density at radius 2 is 1.84 bits per heavy atom. The average molecular weight is 374 g/mol. The molecule has 3 rings (SSSR count). The van der Waals surface area contributed by atoms with E-state index in [2.05, 4.69) is 15.5 Å². The molecule has 0 radical (unpaired) electrons. The Morgan fingerprint density at radius 1 is 1.12 bits per heavy atom. The number of carbonyl (C=O) groups is 1. The van der Waals surface area contributed by atoms with Crippen molar-refractivity contribution in [2.45, 2.75) is 19.1 Å². The quantitative estimate of drug-likeness (QED) is 0.654. The van der Waals surface area contributed by atoms with Crippen LogP contribution in [0.1, 0.15) is 11.1 Å². The average Bonchev–Trinajstić information content (AvgIpc) is 3.06. The summed E-state index contributed by atoms with van der Waals surface area (Å²) in [6.07, 6.45) is 0. The zero-order valence-electron chi connectivity index (χ0n) is 13.7. The fourth-order valence-electron chi connectivity index (χ4n) is 2.33. The van der Waals surface area contributed by atoms with Crippen LogP contribution in [0.4, 0.5) is 5.69 Å². The van der Waals surface area contributed by atoms with E-state index in [4.69, 9.17) is 16.0 Å². The standard InChI is InChI=1S/C18H16ClN3O2S/c1-11-6-5-7-12(2)16(11)20-15(23)10-25-18-22-21-17(24-18)13-8-3-4-9-14(13)19/h3-9H,10H2,1-2H3,(H,20,23). The summed E-state index contributed by atoms with van der Waals surface area (Å²) in [5.41, 5.74) is 3.56. The van der Waals surface area contributed by atoms with Crippen molar-refractivity contribution in [3.63, 3.8) is 0 Å². The summed E-state index contributed by atoms with van der Waals surface area (Å²) < 4.78 is 5.57. The summed E-state index contributed by atoms with van der Waals surface area (Å²) >= 11 is 7.30. The fraction of sp³-hybridized carbons (Fsp3) is 0.167. The van der Waals surface area contributed by atoms with E-state index < -0.39 is 0 Å². The fourth-order valence-corrected chi connectivity index (χ4v) is 3.11. The van der Waals surface area contributed by atoms with E-state index in [1.807, 2.05) is 44.2 Å². The summed E-state index contributed by atoms with van der Waals surface area (Å²) in [5.74, 6) is 0.390. The summed E-state index contributed by atoms with van der Waals surface area (Å²) in [5, 5.41) is 11.7. The van der Waals surface area contributed by atoms with Crippen molar-refractivity contribution in [1.82, 2.24) is 10.2 Å². The summed E-state index contributed by atoms with van der Waals surface area (Å²) in [6, 6.07) is 13.1. The van der Waals surface area contributed by atoms with Crippen molar-refractivity contribution in [2.75, 3.05) is 11.1 Å². The highest BCUT2D eigenvalue weighted by Crippen LogP contribution is 2.28. The molecule has 0 fully saturated rings. The van der Waals surface area contributed by atoms with Gasteiger partial charge in [-0.3, -0.25) is 4.79 Å². The molecule has 3 aromatic rings. The smallest absolute Gasteiger partial charge is 0.277 e. The van der Waals surface area contributed by atoms with Gasteiger partial charge in [-0.25, -0.2) is 0 Å². The van der Waals surface area contributed by atoms with Gasteiger partial charge < -0.3 is 9.73 Å². The maximum atomic E-state index is 12.2. The van der Waals surface area contributed by atoms with Crippen LogP contribution in [0.5, 0.6) is 0 Å². The van der Waals surface area contributed by atoms with Crippen molar-refractivity contribution in [2.24, 2.45) is 0 Å². The molecule has 0 atom stereocenters. The van der Waals surface area contributed by atoms with E-state index in [1.165, 1.54) is 11.8 Å². The lowest BCUT2D eigenvalue weighted by Gasteiger charge is -2.10. The number of nitrogens with one attached hydrogen (secondary N) is 1. The normalized spacial score (nSPS) is 10.7. The van der Waals surface area contributed by atoms with Crippen LogP contribution < -0.4 is 5.32 Å². The minimum Gasteiger partial charge on any atom is -0.411 e. The summed E-state index contributed by atoms with van der Waals surface area (Å²) in [7, 11) is 0. The van der Waals surface area contributed by atoms with E-state index in [0.29, 0.717) is 21.7 Å². The molecule has 0 aliphatic heterocycles. The lowest BCUT2D eigenvalue weighted by atomic mass is 10.1. The monoisotopic (exact) mass is 373 g/mol. The Hall–Kier alpha value is -2.31. The molecule has 0 saturated carbocycles. The molecule has 5 nitrogen and oxygen atoms in total. The van der Waals surface area contributed by atoms with Gasteiger partial charge in [0, 0.05) is 5.69 Å². The highest BCUT2D eigenvalue weighted by atomic mass is 35.5. The van der Waals surface area contributed by atoms with Crippen LogP contribution in [0.2, 0.25) is 5.02 Å². The molecular formula is C18H16ClN3O2S. The highest BCUT2D eigenvalue weighted by molar-refractivity contribution is 7.99. The third-order valence-corrected chi connectivity index (χ3v) is 4.73. The molecule has 2 aromatic carbocycles. The van der Waals surface area contributed by atoms with Gasteiger partial charge in [-0.2, -0.15) is 0 Å². The lowest BCUT2D eigenvalue weighted by Crippen LogP contribution is -2.15. The number of hydrogen-bond donors (Lipinski definition) is 1. The van der Waals surface area contributed by atoms with E-state index in [9.17, 15) is 4.79 Å². The van der Waals surface area contributed by atoms with Gasteiger partial charge in [0.1, 0.15) is 0 Å². The van der Waals surface area contributed by atoms with Crippen LogP contribution >= 0.6 is 23.4 Å². The molecule has 0 saturated heterocycles. The molecule has 0 unspecified atom stereocenters. The molecule has 1 heterocycles. The largest absolute Gasteiger partial charge is 0.411 e.